The van der Waals surface area contributed by atoms with E-state index in [0.717, 1.165) is 18.2 Å². The van der Waals surface area contributed by atoms with Crippen LogP contribution in [0.25, 0.3) is 10.9 Å². The molecule has 0 unspecified atom stereocenters. The third kappa shape index (κ3) is 4.33. The van der Waals surface area contributed by atoms with Crippen LogP contribution in [0.4, 0.5) is 0 Å². The lowest BCUT2D eigenvalue weighted by molar-refractivity contribution is 0.0678. The van der Waals surface area contributed by atoms with E-state index in [1.165, 1.54) is 18.4 Å². The normalized spacial score (nSPS) is 17.2. The maximum absolute atomic E-state index is 13.3. The molecule has 1 aliphatic heterocycles. The van der Waals surface area contributed by atoms with Gasteiger partial charge in [-0.25, -0.2) is 18.1 Å². The molecule has 2 aromatic heterocycles. The number of thiophene rings is 1. The van der Waals surface area contributed by atoms with Gasteiger partial charge in [0, 0.05) is 31.1 Å². The Bertz CT molecular complexity index is 1150. The van der Waals surface area contributed by atoms with E-state index < -0.39 is 10.0 Å². The van der Waals surface area contributed by atoms with E-state index >= 15 is 0 Å². The number of carbonyl (C=O) groups excluding carboxylic acids is 1. The lowest BCUT2D eigenvalue weighted by atomic mass is 9.97. The molecular formula is C21H23N3O4S2. The number of para-hydroxylation sites is 1. The van der Waals surface area contributed by atoms with Crippen LogP contribution in [0, 0.1) is 5.92 Å². The van der Waals surface area contributed by atoms with Gasteiger partial charge in [0.05, 0.1) is 18.2 Å². The van der Waals surface area contributed by atoms with Crippen molar-refractivity contribution in [3.63, 3.8) is 0 Å². The molecule has 1 aromatic carbocycles. The molecular weight excluding hydrogens is 422 g/mol. The van der Waals surface area contributed by atoms with Crippen molar-refractivity contribution in [2.24, 2.45) is 5.92 Å². The first kappa shape index (κ1) is 20.8. The fraction of sp³-hybridized carbons (Fsp3) is 0.333. The van der Waals surface area contributed by atoms with Gasteiger partial charge >= 0.3 is 0 Å². The highest BCUT2D eigenvalue weighted by Gasteiger charge is 2.27. The molecule has 3 aromatic rings. The Morgan fingerprint density at radius 1 is 1.30 bits per heavy atom. The number of pyridine rings is 1. The zero-order valence-corrected chi connectivity index (χ0v) is 18.2. The molecule has 9 heteroatoms. The number of rotatable bonds is 6. The number of carbonyl (C=O) groups is 1. The van der Waals surface area contributed by atoms with Crippen LogP contribution >= 0.6 is 11.3 Å². The average molecular weight is 446 g/mol. The van der Waals surface area contributed by atoms with Crippen molar-refractivity contribution in [1.29, 1.82) is 0 Å². The van der Waals surface area contributed by atoms with Crippen molar-refractivity contribution in [1.82, 2.24) is 14.6 Å². The first-order valence-corrected chi connectivity index (χ1v) is 12.1. The van der Waals surface area contributed by atoms with Crippen molar-refractivity contribution in [2.45, 2.75) is 17.1 Å². The summed E-state index contributed by atoms with van der Waals surface area (Å²) in [7, 11) is -1.97. The molecule has 1 atom stereocenters. The molecule has 7 nitrogen and oxygen atoms in total. The maximum atomic E-state index is 13.3. The standard InChI is InChI=1S/C21H23N3O4S2/c1-28-19-12-17(16-7-2-3-8-18(16)23-19)21(25)24-10-4-6-15(14-24)13-22-30(26,27)20-9-5-11-29-20/h2-3,5,7-9,11-12,15,22H,4,6,10,13-14H2,1H3/t15-/m0/s1. The van der Waals surface area contributed by atoms with Crippen molar-refractivity contribution < 1.29 is 17.9 Å². The Balaban J connectivity index is 1.50. The Kier molecular flexibility index (Phi) is 6.03. The number of hydrogen-bond acceptors (Lipinski definition) is 6. The number of nitrogens with zero attached hydrogens (tertiary/aromatic N) is 2. The zero-order chi connectivity index (χ0) is 21.1. The first-order valence-electron chi connectivity index (χ1n) is 9.74. The Morgan fingerprint density at radius 3 is 2.90 bits per heavy atom. The molecule has 4 rings (SSSR count). The second-order valence-electron chi connectivity index (χ2n) is 7.27. The summed E-state index contributed by atoms with van der Waals surface area (Å²) >= 11 is 1.19. The monoisotopic (exact) mass is 445 g/mol. The van der Waals surface area contributed by atoms with Gasteiger partial charge in [0.2, 0.25) is 15.9 Å². The number of piperidine rings is 1. The molecule has 1 fully saturated rings. The molecule has 158 valence electrons. The first-order chi connectivity index (χ1) is 14.5. The lowest BCUT2D eigenvalue weighted by Crippen LogP contribution is -2.43. The van der Waals surface area contributed by atoms with Crippen LogP contribution in [0.1, 0.15) is 23.2 Å². The number of likely N-dealkylation sites (tertiary alicyclic amines) is 1. The van der Waals surface area contributed by atoms with Gasteiger partial charge in [0.15, 0.2) is 0 Å². The molecule has 0 saturated carbocycles. The minimum absolute atomic E-state index is 0.0624. The number of nitrogens with one attached hydrogen (secondary N) is 1. The van der Waals surface area contributed by atoms with Crippen LogP contribution in [0.2, 0.25) is 0 Å². The van der Waals surface area contributed by atoms with Crippen molar-refractivity contribution in [3.8, 4) is 5.88 Å². The second kappa shape index (κ2) is 8.71. The molecule has 1 saturated heterocycles. The SMILES string of the molecule is COc1cc(C(=O)N2CCC[C@@H](CNS(=O)(=O)c3cccs3)C2)c2ccccc2n1. The van der Waals surface area contributed by atoms with Gasteiger partial charge in [-0.1, -0.05) is 24.3 Å². The highest BCUT2D eigenvalue weighted by molar-refractivity contribution is 7.91. The highest BCUT2D eigenvalue weighted by atomic mass is 32.2. The zero-order valence-electron chi connectivity index (χ0n) is 16.6. The number of methoxy groups -OCH3 is 1. The largest absolute Gasteiger partial charge is 0.481 e. The minimum Gasteiger partial charge on any atom is -0.481 e. The highest BCUT2D eigenvalue weighted by Crippen LogP contribution is 2.26. The van der Waals surface area contributed by atoms with Gasteiger partial charge in [0.1, 0.15) is 4.21 Å². The number of sulfonamides is 1. The number of benzene rings is 1. The Hall–Kier alpha value is -2.49. The van der Waals surface area contributed by atoms with Crippen LogP contribution in [0.3, 0.4) is 0 Å². The number of fused-ring (bicyclic) bond motifs is 1. The molecule has 0 spiro atoms. The van der Waals surface area contributed by atoms with Crippen LogP contribution in [-0.4, -0.2) is 51.0 Å². The maximum Gasteiger partial charge on any atom is 0.254 e. The van der Waals surface area contributed by atoms with E-state index in [2.05, 4.69) is 9.71 Å². The molecule has 30 heavy (non-hydrogen) atoms. The second-order valence-corrected chi connectivity index (χ2v) is 10.2. The van der Waals surface area contributed by atoms with Gasteiger partial charge in [-0.3, -0.25) is 4.79 Å². The summed E-state index contributed by atoms with van der Waals surface area (Å²) in [5.74, 6) is 0.375. The van der Waals surface area contributed by atoms with Gasteiger partial charge in [-0.05, 0) is 36.3 Å². The third-order valence-electron chi connectivity index (χ3n) is 5.26. The predicted octanol–water partition coefficient (Wildman–Crippen LogP) is 3.14. The topological polar surface area (TPSA) is 88.6 Å². The van der Waals surface area contributed by atoms with E-state index in [9.17, 15) is 13.2 Å². The summed E-state index contributed by atoms with van der Waals surface area (Å²) in [6, 6.07) is 12.5. The summed E-state index contributed by atoms with van der Waals surface area (Å²) in [6.07, 6.45) is 1.70. The number of ether oxygens (including phenoxy) is 1. The summed E-state index contributed by atoms with van der Waals surface area (Å²) in [6.45, 7) is 1.46. The molecule has 0 aliphatic carbocycles. The fourth-order valence-electron chi connectivity index (χ4n) is 3.73. The van der Waals surface area contributed by atoms with Crippen LogP contribution in [-0.2, 0) is 10.0 Å². The summed E-state index contributed by atoms with van der Waals surface area (Å²) < 4.78 is 33.1. The van der Waals surface area contributed by atoms with Crippen molar-refractivity contribution >= 4 is 38.2 Å². The lowest BCUT2D eigenvalue weighted by Gasteiger charge is -2.33. The Morgan fingerprint density at radius 2 is 2.13 bits per heavy atom. The van der Waals surface area contributed by atoms with E-state index in [1.54, 1.807) is 28.5 Å². The van der Waals surface area contributed by atoms with E-state index in [0.29, 0.717) is 40.8 Å². The quantitative estimate of drug-likeness (QED) is 0.630. The number of hydrogen-bond donors (Lipinski definition) is 1. The van der Waals surface area contributed by atoms with E-state index in [-0.39, 0.29) is 11.8 Å². The Labute approximate surface area is 179 Å². The van der Waals surface area contributed by atoms with Gasteiger partial charge in [-0.2, -0.15) is 0 Å². The van der Waals surface area contributed by atoms with Gasteiger partial charge < -0.3 is 9.64 Å². The number of aromatic nitrogens is 1. The van der Waals surface area contributed by atoms with Gasteiger partial charge in [-0.15, -0.1) is 11.3 Å². The minimum atomic E-state index is -3.50. The molecule has 1 aliphatic rings. The summed E-state index contributed by atoms with van der Waals surface area (Å²) in [5.41, 5.74) is 1.26. The van der Waals surface area contributed by atoms with Gasteiger partial charge in [0.25, 0.3) is 5.91 Å². The van der Waals surface area contributed by atoms with E-state index in [1.807, 2.05) is 24.3 Å². The molecule has 1 amide bonds. The average Bonchev–Trinajstić information content (AvgIpc) is 3.33. The number of amides is 1. The fourth-order valence-corrected chi connectivity index (χ4v) is 5.89. The molecule has 3 heterocycles. The summed E-state index contributed by atoms with van der Waals surface area (Å²) in [4.78, 5) is 19.5. The van der Waals surface area contributed by atoms with Crippen molar-refractivity contribution in [3.05, 3.63) is 53.4 Å². The van der Waals surface area contributed by atoms with Crippen LogP contribution in [0.15, 0.2) is 52.1 Å². The molecule has 1 N–H and O–H groups in total. The summed E-state index contributed by atoms with van der Waals surface area (Å²) in [5, 5.41) is 2.52. The van der Waals surface area contributed by atoms with Crippen molar-refractivity contribution in [2.75, 3.05) is 26.7 Å². The smallest absolute Gasteiger partial charge is 0.254 e. The molecule has 0 radical (unpaired) electrons. The third-order valence-corrected chi connectivity index (χ3v) is 8.08. The predicted molar refractivity (Wildman–Crippen MR) is 116 cm³/mol. The van der Waals surface area contributed by atoms with Crippen LogP contribution < -0.4 is 9.46 Å². The van der Waals surface area contributed by atoms with E-state index in [4.69, 9.17) is 4.74 Å². The van der Waals surface area contributed by atoms with Crippen LogP contribution in [0.5, 0.6) is 5.88 Å². The molecule has 0 bridgehead atoms.